The lowest BCUT2D eigenvalue weighted by Crippen LogP contribution is -2.11. The molecule has 0 amide bonds. The van der Waals surface area contributed by atoms with Crippen LogP contribution in [0, 0.1) is 0 Å². The molecule has 0 aliphatic carbocycles. The predicted molar refractivity (Wildman–Crippen MR) is 142 cm³/mol. The molecule has 3 nitrogen and oxygen atoms in total. The molecule has 2 rings (SSSR count). The van der Waals surface area contributed by atoms with Crippen LogP contribution in [0.2, 0.25) is 0 Å². The van der Waals surface area contributed by atoms with Crippen LogP contribution in [0.25, 0.3) is 10.8 Å². The van der Waals surface area contributed by atoms with Crippen LogP contribution in [-0.4, -0.2) is 15.5 Å². The molecule has 4 heteroatoms. The molecule has 33 heavy (non-hydrogen) atoms. The minimum absolute atomic E-state index is 0.409. The first-order valence-corrected chi connectivity index (χ1v) is 14.8. The third-order valence-electron chi connectivity index (χ3n) is 6.75. The van der Waals surface area contributed by atoms with Crippen LogP contribution in [0.1, 0.15) is 115 Å². The van der Waals surface area contributed by atoms with Gasteiger partial charge in [0, 0.05) is 5.39 Å². The largest absolute Gasteiger partial charge is 0.297 e. The van der Waals surface area contributed by atoms with Crippen LogP contribution in [0.4, 0.5) is 0 Å². The fourth-order valence-corrected chi connectivity index (χ4v) is 5.97. The molecule has 0 bridgehead atoms. The van der Waals surface area contributed by atoms with Crippen molar-refractivity contribution < 1.29 is 12.6 Å². The molecule has 0 saturated heterocycles. The van der Waals surface area contributed by atoms with E-state index in [4.69, 9.17) is 4.18 Å². The highest BCUT2D eigenvalue weighted by Crippen LogP contribution is 2.33. The monoisotopic (exact) mass is 474 g/mol. The molecule has 0 N–H and O–H groups in total. The Morgan fingerprint density at radius 2 is 1.21 bits per heavy atom. The fraction of sp³-hybridized carbons (Fsp3) is 0.655. The minimum Gasteiger partial charge on any atom is -0.270 e. The van der Waals surface area contributed by atoms with E-state index in [1.54, 1.807) is 0 Å². The van der Waals surface area contributed by atoms with Crippen molar-refractivity contribution in [3.05, 3.63) is 41.5 Å². The maximum Gasteiger partial charge on any atom is 0.297 e. The van der Waals surface area contributed by atoms with Crippen molar-refractivity contribution in [1.29, 1.82) is 0 Å². The zero-order chi connectivity index (χ0) is 23.9. The first-order chi connectivity index (χ1) is 16.0. The van der Waals surface area contributed by atoms with Gasteiger partial charge in [0.05, 0.1) is 7.11 Å². The molecule has 0 aromatic heterocycles. The van der Waals surface area contributed by atoms with Crippen molar-refractivity contribution in [2.24, 2.45) is 0 Å². The molecule has 2 aromatic carbocycles. The van der Waals surface area contributed by atoms with E-state index in [0.717, 1.165) is 48.4 Å². The topological polar surface area (TPSA) is 43.4 Å². The van der Waals surface area contributed by atoms with Crippen LogP contribution in [0.15, 0.2) is 35.2 Å². The highest BCUT2D eigenvalue weighted by molar-refractivity contribution is 7.87. The van der Waals surface area contributed by atoms with Gasteiger partial charge in [0.25, 0.3) is 10.1 Å². The highest BCUT2D eigenvalue weighted by Gasteiger charge is 2.24. The van der Waals surface area contributed by atoms with Crippen molar-refractivity contribution in [3.8, 4) is 0 Å². The van der Waals surface area contributed by atoms with Crippen LogP contribution in [0.5, 0.6) is 0 Å². The van der Waals surface area contributed by atoms with Gasteiger partial charge in [-0.1, -0.05) is 121 Å². The van der Waals surface area contributed by atoms with E-state index in [1.807, 2.05) is 24.3 Å². The average Bonchev–Trinajstić information content (AvgIpc) is 2.82. The molecular formula is C29H46O3S. The van der Waals surface area contributed by atoms with Gasteiger partial charge in [-0.25, -0.2) is 0 Å². The van der Waals surface area contributed by atoms with E-state index in [0.29, 0.717) is 4.90 Å². The lowest BCUT2D eigenvalue weighted by molar-refractivity contribution is 0.397. The Morgan fingerprint density at radius 1 is 0.697 bits per heavy atom. The minimum atomic E-state index is -3.78. The van der Waals surface area contributed by atoms with E-state index in [9.17, 15) is 8.42 Å². The lowest BCUT2D eigenvalue weighted by atomic mass is 9.93. The number of hydrogen-bond donors (Lipinski definition) is 0. The van der Waals surface area contributed by atoms with E-state index < -0.39 is 10.1 Å². The van der Waals surface area contributed by atoms with Gasteiger partial charge in [0.2, 0.25) is 0 Å². The number of unbranched alkanes of at least 4 members (excludes halogenated alkanes) is 12. The summed E-state index contributed by atoms with van der Waals surface area (Å²) in [6, 6.07) is 10.1. The van der Waals surface area contributed by atoms with E-state index in [1.165, 1.54) is 83.3 Å². The van der Waals surface area contributed by atoms with Gasteiger partial charge >= 0.3 is 0 Å². The molecule has 0 fully saturated rings. The molecule has 0 saturated carbocycles. The summed E-state index contributed by atoms with van der Waals surface area (Å²) < 4.78 is 31.2. The lowest BCUT2D eigenvalue weighted by Gasteiger charge is -2.18. The Balaban J connectivity index is 2.21. The maximum absolute atomic E-state index is 13.0. The zero-order valence-electron chi connectivity index (χ0n) is 21.3. The molecule has 186 valence electrons. The van der Waals surface area contributed by atoms with Crippen LogP contribution in [0.3, 0.4) is 0 Å². The smallest absolute Gasteiger partial charge is 0.270 e. The number of hydrogen-bond acceptors (Lipinski definition) is 3. The van der Waals surface area contributed by atoms with Crippen molar-refractivity contribution in [1.82, 2.24) is 0 Å². The van der Waals surface area contributed by atoms with Crippen LogP contribution in [-0.2, 0) is 27.1 Å². The van der Waals surface area contributed by atoms with Crippen molar-refractivity contribution in [3.63, 3.8) is 0 Å². The Hall–Kier alpha value is -1.39. The molecular weight excluding hydrogens is 428 g/mol. The normalized spacial score (nSPS) is 12.0. The molecule has 0 atom stereocenters. The molecule has 0 radical (unpaired) electrons. The van der Waals surface area contributed by atoms with Gasteiger partial charge in [-0.15, -0.1) is 0 Å². The number of rotatable bonds is 18. The third-order valence-corrected chi connectivity index (χ3v) is 8.15. The van der Waals surface area contributed by atoms with Gasteiger partial charge in [0.15, 0.2) is 0 Å². The van der Waals surface area contributed by atoms with Crippen molar-refractivity contribution in [2.45, 2.75) is 121 Å². The second-order valence-electron chi connectivity index (χ2n) is 9.43. The average molecular weight is 475 g/mol. The Morgan fingerprint density at radius 3 is 1.79 bits per heavy atom. The number of fused-ring (bicyclic) bond motifs is 1. The zero-order valence-corrected chi connectivity index (χ0v) is 22.1. The van der Waals surface area contributed by atoms with Gasteiger partial charge in [-0.2, -0.15) is 8.42 Å². The molecule has 0 heterocycles. The van der Waals surface area contributed by atoms with E-state index in [2.05, 4.69) is 19.9 Å². The fourth-order valence-electron chi connectivity index (χ4n) is 4.81. The van der Waals surface area contributed by atoms with E-state index >= 15 is 0 Å². The molecule has 0 unspecified atom stereocenters. The van der Waals surface area contributed by atoms with Crippen LogP contribution >= 0.6 is 0 Å². The second kappa shape index (κ2) is 15.5. The highest BCUT2D eigenvalue weighted by atomic mass is 32.2. The summed E-state index contributed by atoms with van der Waals surface area (Å²) in [5.41, 5.74) is 2.19. The number of benzene rings is 2. The summed E-state index contributed by atoms with van der Waals surface area (Å²) >= 11 is 0. The first kappa shape index (κ1) is 27.9. The van der Waals surface area contributed by atoms with Crippen molar-refractivity contribution >= 4 is 20.9 Å². The summed E-state index contributed by atoms with van der Waals surface area (Å²) in [6.07, 6.45) is 19.1. The Labute approximate surface area is 203 Å². The van der Waals surface area contributed by atoms with Gasteiger partial charge in [-0.3, -0.25) is 4.18 Å². The standard InChI is InChI=1S/C29H46O3S/c1-4-6-8-10-12-14-16-20-25-24-26-21-18-19-23-28(26)29(33(30,31)32-3)27(25)22-17-15-13-11-9-7-5-2/h18-19,21,23-24H,4-17,20,22H2,1-3H3. The third kappa shape index (κ3) is 9.05. The summed E-state index contributed by atoms with van der Waals surface area (Å²) in [6.45, 7) is 4.49. The Bertz CT molecular complexity index is 918. The SMILES string of the molecule is CCCCCCCCCc1cc2ccccc2c(S(=O)(=O)OC)c1CCCCCCCCC. The number of aryl methyl sites for hydroxylation is 1. The predicted octanol–water partition coefficient (Wildman–Crippen LogP) is 8.76. The maximum atomic E-state index is 13.0. The van der Waals surface area contributed by atoms with Gasteiger partial charge < -0.3 is 0 Å². The molecule has 0 spiro atoms. The molecule has 2 aromatic rings. The first-order valence-electron chi connectivity index (χ1n) is 13.4. The second-order valence-corrected chi connectivity index (χ2v) is 11.1. The molecule has 0 aliphatic heterocycles. The van der Waals surface area contributed by atoms with Crippen LogP contribution < -0.4 is 0 Å². The molecule has 0 aliphatic rings. The Kier molecular flexibility index (Phi) is 13.1. The van der Waals surface area contributed by atoms with Gasteiger partial charge in [0.1, 0.15) is 4.90 Å². The summed E-state index contributed by atoms with van der Waals surface area (Å²) in [5.74, 6) is 0. The quantitative estimate of drug-likeness (QED) is 0.160. The van der Waals surface area contributed by atoms with Gasteiger partial charge in [-0.05, 0) is 42.2 Å². The summed E-state index contributed by atoms with van der Waals surface area (Å²) in [5, 5.41) is 1.79. The summed E-state index contributed by atoms with van der Waals surface area (Å²) in [7, 11) is -2.50. The van der Waals surface area contributed by atoms with E-state index in [-0.39, 0.29) is 0 Å². The summed E-state index contributed by atoms with van der Waals surface area (Å²) in [4.78, 5) is 0.409. The van der Waals surface area contributed by atoms with Crippen molar-refractivity contribution in [2.75, 3.05) is 7.11 Å².